The lowest BCUT2D eigenvalue weighted by molar-refractivity contribution is -0.00334. The van der Waals surface area contributed by atoms with Gasteiger partial charge >= 0.3 is 0 Å². The quantitative estimate of drug-likeness (QED) is 0.743. The van der Waals surface area contributed by atoms with Crippen LogP contribution in [0.15, 0.2) is 47.6 Å². The van der Waals surface area contributed by atoms with E-state index in [9.17, 15) is 0 Å². The number of ether oxygens (including phenoxy) is 1. The summed E-state index contributed by atoms with van der Waals surface area (Å²) in [6.45, 7) is 2.01. The molecule has 2 heterocycles. The van der Waals surface area contributed by atoms with Gasteiger partial charge < -0.3 is 4.74 Å². The van der Waals surface area contributed by atoms with Crippen LogP contribution in [0.5, 0.6) is 5.75 Å². The van der Waals surface area contributed by atoms with E-state index in [4.69, 9.17) is 33.0 Å². The highest BCUT2D eigenvalue weighted by molar-refractivity contribution is 6.31. The summed E-state index contributed by atoms with van der Waals surface area (Å²) in [6, 6.07) is 13.7. The third-order valence-corrected chi connectivity index (χ3v) is 4.61. The van der Waals surface area contributed by atoms with Crippen molar-refractivity contribution in [1.82, 2.24) is 5.01 Å². The molecule has 0 fully saturated rings. The van der Waals surface area contributed by atoms with Crippen LogP contribution in [-0.4, -0.2) is 16.9 Å². The molecule has 2 atom stereocenters. The third-order valence-electron chi connectivity index (χ3n) is 4.12. The van der Waals surface area contributed by atoms with Crippen molar-refractivity contribution in [3.05, 3.63) is 63.6 Å². The molecule has 0 spiro atoms. The number of fused-ring (bicyclic) bond motifs is 3. The lowest BCUT2D eigenvalue weighted by Gasteiger charge is -2.36. The maximum Gasteiger partial charge on any atom is 0.185 e. The largest absolute Gasteiger partial charge is 0.469 e. The summed E-state index contributed by atoms with van der Waals surface area (Å²) >= 11 is 12.1. The second-order valence-electron chi connectivity index (χ2n) is 5.55. The first kappa shape index (κ1) is 13.9. The zero-order chi connectivity index (χ0) is 15.3. The molecule has 0 bridgehead atoms. The van der Waals surface area contributed by atoms with Crippen LogP contribution in [0, 0.1) is 0 Å². The average molecular weight is 333 g/mol. The summed E-state index contributed by atoms with van der Waals surface area (Å²) in [7, 11) is 0. The topological polar surface area (TPSA) is 24.8 Å². The Hall–Kier alpha value is -1.71. The van der Waals surface area contributed by atoms with E-state index in [1.54, 1.807) is 0 Å². The Morgan fingerprint density at radius 3 is 2.59 bits per heavy atom. The zero-order valence-corrected chi connectivity index (χ0v) is 13.5. The molecule has 0 amide bonds. The van der Waals surface area contributed by atoms with Crippen molar-refractivity contribution < 1.29 is 4.74 Å². The first-order valence-electron chi connectivity index (χ1n) is 7.20. The molecule has 0 aliphatic carbocycles. The summed E-state index contributed by atoms with van der Waals surface area (Å²) in [5.41, 5.74) is 3.23. The van der Waals surface area contributed by atoms with E-state index in [0.717, 1.165) is 39.1 Å². The minimum Gasteiger partial charge on any atom is -0.469 e. The van der Waals surface area contributed by atoms with Crippen molar-refractivity contribution in [3.63, 3.8) is 0 Å². The number of hydrazone groups is 1. The van der Waals surface area contributed by atoms with Gasteiger partial charge in [0.1, 0.15) is 5.75 Å². The summed E-state index contributed by atoms with van der Waals surface area (Å²) in [4.78, 5) is 0. The van der Waals surface area contributed by atoms with Crippen LogP contribution in [-0.2, 0) is 0 Å². The van der Waals surface area contributed by atoms with Gasteiger partial charge in [0, 0.05) is 22.0 Å². The third kappa shape index (κ3) is 2.25. The number of rotatable bonds is 1. The van der Waals surface area contributed by atoms with Gasteiger partial charge in [-0.1, -0.05) is 35.3 Å². The second-order valence-corrected chi connectivity index (χ2v) is 6.43. The predicted molar refractivity (Wildman–Crippen MR) is 88.7 cm³/mol. The lowest BCUT2D eigenvalue weighted by atomic mass is 9.97. The van der Waals surface area contributed by atoms with E-state index >= 15 is 0 Å². The van der Waals surface area contributed by atoms with Gasteiger partial charge in [0.05, 0.1) is 11.8 Å². The van der Waals surface area contributed by atoms with Crippen molar-refractivity contribution >= 4 is 28.9 Å². The van der Waals surface area contributed by atoms with Crippen molar-refractivity contribution in [2.45, 2.75) is 25.6 Å². The highest BCUT2D eigenvalue weighted by Gasteiger charge is 2.38. The van der Waals surface area contributed by atoms with E-state index in [1.807, 2.05) is 54.4 Å². The van der Waals surface area contributed by atoms with Gasteiger partial charge in [0.25, 0.3) is 0 Å². The smallest absolute Gasteiger partial charge is 0.185 e. The SMILES string of the molecule is C[C@@H]1Oc2ccc(Cl)cc2[C@H]2CC(c3ccc(Cl)cc3)=NN12. The molecule has 2 aliphatic heterocycles. The summed E-state index contributed by atoms with van der Waals surface area (Å²) < 4.78 is 5.94. The maximum absolute atomic E-state index is 6.15. The van der Waals surface area contributed by atoms with E-state index in [0.29, 0.717) is 0 Å². The van der Waals surface area contributed by atoms with Crippen LogP contribution < -0.4 is 4.74 Å². The molecule has 22 heavy (non-hydrogen) atoms. The summed E-state index contributed by atoms with van der Waals surface area (Å²) in [5.74, 6) is 0.894. The van der Waals surface area contributed by atoms with Gasteiger partial charge in [-0.05, 0) is 42.8 Å². The van der Waals surface area contributed by atoms with Crippen LogP contribution >= 0.6 is 23.2 Å². The molecular formula is C17H14Cl2N2O. The standard InChI is InChI=1S/C17H14Cl2N2O/c1-10-21-16(14-8-13(19)6-7-17(14)22-10)9-15(20-21)11-2-4-12(18)5-3-11/h2-8,10,16H,9H2,1H3/t10-,16+/m0/s1. The molecule has 2 aromatic carbocycles. The fraction of sp³-hybridized carbons (Fsp3) is 0.235. The minimum atomic E-state index is -0.0940. The highest BCUT2D eigenvalue weighted by atomic mass is 35.5. The maximum atomic E-state index is 6.15. The van der Waals surface area contributed by atoms with Crippen LogP contribution in [0.3, 0.4) is 0 Å². The Balaban J connectivity index is 1.72. The van der Waals surface area contributed by atoms with Gasteiger partial charge in [-0.3, -0.25) is 5.01 Å². The number of benzene rings is 2. The van der Waals surface area contributed by atoms with Crippen molar-refractivity contribution in [1.29, 1.82) is 0 Å². The lowest BCUT2D eigenvalue weighted by Crippen LogP contribution is -2.37. The predicted octanol–water partition coefficient (Wildman–Crippen LogP) is 4.88. The molecule has 2 aromatic rings. The van der Waals surface area contributed by atoms with Crippen LogP contribution in [0.25, 0.3) is 0 Å². The molecule has 0 radical (unpaired) electrons. The first-order chi connectivity index (χ1) is 10.6. The molecule has 2 aliphatic rings. The highest BCUT2D eigenvalue weighted by Crippen LogP contribution is 2.43. The second kappa shape index (κ2) is 5.18. The van der Waals surface area contributed by atoms with E-state index in [2.05, 4.69) is 0 Å². The Labute approximate surface area is 139 Å². The molecule has 0 unspecified atom stereocenters. The van der Waals surface area contributed by atoms with Crippen molar-refractivity contribution in [3.8, 4) is 5.75 Å². The normalized spacial score (nSPS) is 22.7. The number of halogens is 2. The minimum absolute atomic E-state index is 0.0940. The van der Waals surface area contributed by atoms with E-state index < -0.39 is 0 Å². The molecule has 0 N–H and O–H groups in total. The van der Waals surface area contributed by atoms with Crippen molar-refractivity contribution in [2.24, 2.45) is 5.10 Å². The first-order valence-corrected chi connectivity index (χ1v) is 7.95. The van der Waals surface area contributed by atoms with Gasteiger partial charge in [-0.2, -0.15) is 5.10 Å². The van der Waals surface area contributed by atoms with E-state index in [-0.39, 0.29) is 12.3 Å². The molecule has 4 rings (SSSR count). The average Bonchev–Trinajstić information content (AvgIpc) is 2.95. The summed E-state index contributed by atoms with van der Waals surface area (Å²) in [6.07, 6.45) is 0.742. The van der Waals surface area contributed by atoms with Crippen LogP contribution in [0.2, 0.25) is 10.0 Å². The fourth-order valence-corrected chi connectivity index (χ4v) is 3.36. The number of hydrogen-bond acceptors (Lipinski definition) is 3. The van der Waals surface area contributed by atoms with Gasteiger partial charge in [0.15, 0.2) is 6.23 Å². The molecule has 5 heteroatoms. The summed E-state index contributed by atoms with van der Waals surface area (Å²) in [5, 5.41) is 8.22. The van der Waals surface area contributed by atoms with Crippen LogP contribution in [0.4, 0.5) is 0 Å². The van der Waals surface area contributed by atoms with Crippen LogP contribution in [0.1, 0.15) is 30.5 Å². The Kier molecular flexibility index (Phi) is 3.28. The number of nitrogens with zero attached hydrogens (tertiary/aromatic N) is 2. The van der Waals surface area contributed by atoms with Crippen molar-refractivity contribution in [2.75, 3.05) is 0 Å². The molecule has 0 aromatic heterocycles. The number of hydrogen-bond donors (Lipinski definition) is 0. The fourth-order valence-electron chi connectivity index (χ4n) is 3.06. The van der Waals surface area contributed by atoms with E-state index in [1.165, 1.54) is 0 Å². The Bertz CT molecular complexity index is 758. The molecule has 0 saturated heterocycles. The van der Waals surface area contributed by atoms with Gasteiger partial charge in [0.2, 0.25) is 0 Å². The molecule has 112 valence electrons. The van der Waals surface area contributed by atoms with Gasteiger partial charge in [-0.25, -0.2) is 0 Å². The zero-order valence-electron chi connectivity index (χ0n) is 12.0. The molecular weight excluding hydrogens is 319 g/mol. The van der Waals surface area contributed by atoms with Gasteiger partial charge in [-0.15, -0.1) is 0 Å². The monoisotopic (exact) mass is 332 g/mol. The molecule has 0 saturated carbocycles. The Morgan fingerprint density at radius 2 is 1.82 bits per heavy atom. The molecule has 3 nitrogen and oxygen atoms in total. The Morgan fingerprint density at radius 1 is 1.09 bits per heavy atom.